The van der Waals surface area contributed by atoms with Crippen molar-refractivity contribution < 1.29 is 34.8 Å². The van der Waals surface area contributed by atoms with E-state index in [1.807, 2.05) is 0 Å². The molecule has 148 valence electrons. The van der Waals surface area contributed by atoms with Gasteiger partial charge in [-0.25, -0.2) is 0 Å². The highest BCUT2D eigenvalue weighted by Crippen LogP contribution is 2.20. The Labute approximate surface area is 148 Å². The number of amides is 2. The summed E-state index contributed by atoms with van der Waals surface area (Å²) in [6, 6.07) is 0. The highest BCUT2D eigenvalue weighted by atomic mass is 16.5. The van der Waals surface area contributed by atoms with Crippen molar-refractivity contribution in [2.24, 2.45) is 10.8 Å². The van der Waals surface area contributed by atoms with Crippen molar-refractivity contribution in [1.29, 1.82) is 0 Å². The summed E-state index contributed by atoms with van der Waals surface area (Å²) in [5.41, 5.74) is -1.86. The van der Waals surface area contributed by atoms with Crippen molar-refractivity contribution in [3.8, 4) is 0 Å². The molecule has 2 unspecified atom stereocenters. The number of ether oxygens (including phenoxy) is 1. The summed E-state index contributed by atoms with van der Waals surface area (Å²) < 4.78 is 5.23. The Morgan fingerprint density at radius 1 is 0.840 bits per heavy atom. The molecule has 0 spiro atoms. The second kappa shape index (κ2) is 10.7. The van der Waals surface area contributed by atoms with Gasteiger partial charge in [0.1, 0.15) is 12.2 Å². The normalized spacial score (nSPS) is 14.7. The average Bonchev–Trinajstić information content (AvgIpc) is 2.58. The van der Waals surface area contributed by atoms with Crippen molar-refractivity contribution in [2.45, 2.75) is 39.9 Å². The van der Waals surface area contributed by atoms with E-state index in [1.165, 1.54) is 0 Å². The molecule has 0 saturated heterocycles. The standard InChI is InChI=1S/C16H32N2O7/c1-15(2,9-19)11(21)13(23)17-5-7-25-8-6-18-14(24)12(22)16(3,4)10-20/h11-12,19-22H,5-10H2,1-4H3,(H,17,23)(H,18,24). The second-order valence-electron chi connectivity index (χ2n) is 7.29. The Morgan fingerprint density at radius 3 is 1.44 bits per heavy atom. The van der Waals surface area contributed by atoms with Gasteiger partial charge < -0.3 is 35.8 Å². The molecule has 0 heterocycles. The van der Waals surface area contributed by atoms with E-state index in [4.69, 9.17) is 14.9 Å². The zero-order chi connectivity index (χ0) is 19.7. The van der Waals surface area contributed by atoms with Crippen LogP contribution in [0.5, 0.6) is 0 Å². The van der Waals surface area contributed by atoms with E-state index in [0.717, 1.165) is 0 Å². The Morgan fingerprint density at radius 2 is 1.16 bits per heavy atom. The van der Waals surface area contributed by atoms with Gasteiger partial charge in [0.2, 0.25) is 11.8 Å². The number of carbonyl (C=O) groups is 2. The van der Waals surface area contributed by atoms with Gasteiger partial charge in [0.05, 0.1) is 26.4 Å². The number of aliphatic hydroxyl groups is 4. The fourth-order valence-corrected chi connectivity index (χ4v) is 1.67. The molecule has 9 nitrogen and oxygen atoms in total. The summed E-state index contributed by atoms with van der Waals surface area (Å²) in [5.74, 6) is -1.18. The summed E-state index contributed by atoms with van der Waals surface area (Å²) in [6.45, 7) is 6.35. The molecular weight excluding hydrogens is 332 g/mol. The first kappa shape index (κ1) is 23.7. The van der Waals surface area contributed by atoms with E-state index < -0.39 is 34.9 Å². The lowest BCUT2D eigenvalue weighted by Crippen LogP contribution is -2.46. The lowest BCUT2D eigenvalue weighted by atomic mass is 9.87. The van der Waals surface area contributed by atoms with Crippen LogP contribution < -0.4 is 10.6 Å². The van der Waals surface area contributed by atoms with E-state index in [9.17, 15) is 19.8 Å². The van der Waals surface area contributed by atoms with Gasteiger partial charge >= 0.3 is 0 Å². The Bertz CT molecular complexity index is 389. The molecule has 0 bridgehead atoms. The molecule has 9 heteroatoms. The van der Waals surface area contributed by atoms with Crippen LogP contribution in [0.25, 0.3) is 0 Å². The smallest absolute Gasteiger partial charge is 0.249 e. The van der Waals surface area contributed by atoms with Crippen LogP contribution in [0.3, 0.4) is 0 Å². The molecule has 6 N–H and O–H groups in total. The van der Waals surface area contributed by atoms with Gasteiger partial charge in [-0.15, -0.1) is 0 Å². The summed E-state index contributed by atoms with van der Waals surface area (Å²) >= 11 is 0. The van der Waals surface area contributed by atoms with Gasteiger partial charge in [0.15, 0.2) is 0 Å². The van der Waals surface area contributed by atoms with Gasteiger partial charge in [-0.05, 0) is 0 Å². The average molecular weight is 364 g/mol. The van der Waals surface area contributed by atoms with Crippen LogP contribution in [-0.4, -0.2) is 84.0 Å². The zero-order valence-electron chi connectivity index (χ0n) is 15.4. The quantitative estimate of drug-likeness (QED) is 0.219. The minimum absolute atomic E-state index is 0.172. The number of hydrogen-bond acceptors (Lipinski definition) is 7. The van der Waals surface area contributed by atoms with E-state index in [1.54, 1.807) is 27.7 Å². The lowest BCUT2D eigenvalue weighted by Gasteiger charge is -2.27. The minimum Gasteiger partial charge on any atom is -0.396 e. The SMILES string of the molecule is CC(C)(CO)C(O)C(=O)NCCOCCNC(=O)C(O)C(C)(C)CO. The Balaban J connectivity index is 3.88. The molecule has 0 aromatic rings. The zero-order valence-corrected chi connectivity index (χ0v) is 15.4. The molecule has 0 aliphatic carbocycles. The van der Waals surface area contributed by atoms with Crippen LogP contribution >= 0.6 is 0 Å². The molecule has 2 amide bonds. The minimum atomic E-state index is -1.33. The van der Waals surface area contributed by atoms with Crippen LogP contribution in [0.4, 0.5) is 0 Å². The van der Waals surface area contributed by atoms with E-state index in [2.05, 4.69) is 10.6 Å². The fourth-order valence-electron chi connectivity index (χ4n) is 1.67. The van der Waals surface area contributed by atoms with E-state index in [-0.39, 0.29) is 39.5 Å². The predicted molar refractivity (Wildman–Crippen MR) is 90.6 cm³/mol. The highest BCUT2D eigenvalue weighted by molar-refractivity contribution is 5.81. The molecule has 0 aliphatic rings. The van der Waals surface area contributed by atoms with E-state index in [0.29, 0.717) is 0 Å². The molecule has 0 aliphatic heterocycles. The highest BCUT2D eigenvalue weighted by Gasteiger charge is 2.33. The van der Waals surface area contributed by atoms with Gasteiger partial charge in [0, 0.05) is 23.9 Å². The largest absolute Gasteiger partial charge is 0.396 e. The lowest BCUT2D eigenvalue weighted by molar-refractivity contribution is -0.137. The second-order valence-corrected chi connectivity index (χ2v) is 7.29. The molecular formula is C16H32N2O7. The van der Waals surface area contributed by atoms with Gasteiger partial charge in [0.25, 0.3) is 0 Å². The molecule has 0 saturated carbocycles. The topological polar surface area (TPSA) is 148 Å². The number of carbonyl (C=O) groups excluding carboxylic acids is 2. The molecule has 0 aromatic heterocycles. The number of hydrogen-bond donors (Lipinski definition) is 6. The molecule has 0 rings (SSSR count). The van der Waals surface area contributed by atoms with E-state index >= 15 is 0 Å². The summed E-state index contributed by atoms with van der Waals surface area (Å²) in [6.07, 6.45) is -2.65. The number of nitrogens with one attached hydrogen (secondary N) is 2. The fraction of sp³-hybridized carbons (Fsp3) is 0.875. The first-order valence-corrected chi connectivity index (χ1v) is 8.20. The Hall–Kier alpha value is -1.26. The molecule has 2 atom stereocenters. The molecule has 0 radical (unpaired) electrons. The molecule has 25 heavy (non-hydrogen) atoms. The first-order chi connectivity index (χ1) is 11.5. The van der Waals surface area contributed by atoms with Crippen molar-refractivity contribution in [3.63, 3.8) is 0 Å². The molecule has 0 fully saturated rings. The monoisotopic (exact) mass is 364 g/mol. The Kier molecular flexibility index (Phi) is 10.1. The third-order valence-electron chi connectivity index (χ3n) is 3.88. The van der Waals surface area contributed by atoms with Crippen molar-refractivity contribution in [3.05, 3.63) is 0 Å². The van der Waals surface area contributed by atoms with Crippen molar-refractivity contribution in [1.82, 2.24) is 10.6 Å². The number of aliphatic hydroxyl groups excluding tert-OH is 4. The van der Waals surface area contributed by atoms with Crippen LogP contribution in [0.2, 0.25) is 0 Å². The van der Waals surface area contributed by atoms with Crippen molar-refractivity contribution >= 4 is 11.8 Å². The van der Waals surface area contributed by atoms with Crippen LogP contribution in [0, 0.1) is 10.8 Å². The summed E-state index contributed by atoms with van der Waals surface area (Å²) in [4.78, 5) is 23.4. The van der Waals surface area contributed by atoms with Gasteiger partial charge in [-0.2, -0.15) is 0 Å². The predicted octanol–water partition coefficient (Wildman–Crippen LogP) is -2.01. The first-order valence-electron chi connectivity index (χ1n) is 8.20. The van der Waals surface area contributed by atoms with Gasteiger partial charge in [-0.3, -0.25) is 9.59 Å². The summed E-state index contributed by atoms with van der Waals surface area (Å²) in [5, 5.41) is 42.7. The van der Waals surface area contributed by atoms with Crippen molar-refractivity contribution in [2.75, 3.05) is 39.5 Å². The maximum atomic E-state index is 11.7. The third-order valence-corrected chi connectivity index (χ3v) is 3.88. The third kappa shape index (κ3) is 8.10. The van der Waals surface area contributed by atoms with Crippen LogP contribution in [0.15, 0.2) is 0 Å². The van der Waals surface area contributed by atoms with Gasteiger partial charge in [-0.1, -0.05) is 27.7 Å². The molecule has 0 aromatic carbocycles. The summed E-state index contributed by atoms with van der Waals surface area (Å²) in [7, 11) is 0. The van der Waals surface area contributed by atoms with Crippen LogP contribution in [0.1, 0.15) is 27.7 Å². The van der Waals surface area contributed by atoms with Crippen LogP contribution in [-0.2, 0) is 14.3 Å². The maximum absolute atomic E-state index is 11.7. The maximum Gasteiger partial charge on any atom is 0.249 e. The number of rotatable bonds is 12.